The van der Waals surface area contributed by atoms with Gasteiger partial charge in [-0.1, -0.05) is 26.0 Å². The van der Waals surface area contributed by atoms with Crippen molar-refractivity contribution in [2.45, 2.75) is 20.8 Å². The SMILES string of the molecule is Cc1ccc(-c2cccc3[nH]c(-c4n[nH]c5cnc(-c6cncc(NC(=O)C(C)C)c6)cc45)nc23)s1. The molecular formula is C27H23N7OS. The third-order valence-electron chi connectivity index (χ3n) is 6.02. The van der Waals surface area contributed by atoms with Crippen LogP contribution in [0.15, 0.2) is 61.1 Å². The van der Waals surface area contributed by atoms with Gasteiger partial charge < -0.3 is 10.3 Å². The fourth-order valence-corrected chi connectivity index (χ4v) is 5.01. The van der Waals surface area contributed by atoms with Crippen LogP contribution >= 0.6 is 11.3 Å². The highest BCUT2D eigenvalue weighted by Crippen LogP contribution is 2.35. The summed E-state index contributed by atoms with van der Waals surface area (Å²) in [5.41, 5.74) is 6.65. The lowest BCUT2D eigenvalue weighted by atomic mass is 10.1. The van der Waals surface area contributed by atoms with Gasteiger partial charge in [-0.2, -0.15) is 5.10 Å². The van der Waals surface area contributed by atoms with Crippen LogP contribution in [0.2, 0.25) is 0 Å². The fourth-order valence-electron chi connectivity index (χ4n) is 4.11. The fraction of sp³-hybridized carbons (Fsp3) is 0.148. The molecule has 0 aliphatic rings. The number of fused-ring (bicyclic) bond motifs is 2. The molecule has 0 aliphatic heterocycles. The Kier molecular flexibility index (Phi) is 5.34. The lowest BCUT2D eigenvalue weighted by Gasteiger charge is -2.08. The number of imidazole rings is 1. The van der Waals surface area contributed by atoms with E-state index < -0.39 is 0 Å². The molecule has 8 nitrogen and oxygen atoms in total. The number of benzene rings is 1. The molecule has 0 unspecified atom stereocenters. The number of aryl methyl sites for hydroxylation is 1. The van der Waals surface area contributed by atoms with Crippen molar-refractivity contribution < 1.29 is 4.79 Å². The zero-order valence-corrected chi connectivity index (χ0v) is 20.8. The van der Waals surface area contributed by atoms with Crippen molar-refractivity contribution in [2.75, 3.05) is 5.32 Å². The topological polar surface area (TPSA) is 112 Å². The van der Waals surface area contributed by atoms with Gasteiger partial charge in [0, 0.05) is 38.4 Å². The number of rotatable bonds is 5. The summed E-state index contributed by atoms with van der Waals surface area (Å²) >= 11 is 1.75. The number of carbonyl (C=O) groups is 1. The number of aromatic amines is 2. The summed E-state index contributed by atoms with van der Waals surface area (Å²) in [6.45, 7) is 5.81. The molecule has 0 atom stereocenters. The summed E-state index contributed by atoms with van der Waals surface area (Å²) in [7, 11) is 0. The van der Waals surface area contributed by atoms with Gasteiger partial charge in [-0.05, 0) is 37.3 Å². The predicted molar refractivity (Wildman–Crippen MR) is 144 cm³/mol. The Morgan fingerprint density at radius 2 is 1.94 bits per heavy atom. The third-order valence-corrected chi connectivity index (χ3v) is 7.05. The number of hydrogen-bond donors (Lipinski definition) is 3. The summed E-state index contributed by atoms with van der Waals surface area (Å²) in [6.07, 6.45) is 5.12. The van der Waals surface area contributed by atoms with Crippen LogP contribution in [0.25, 0.3) is 55.2 Å². The molecule has 0 saturated carbocycles. The molecule has 1 aromatic carbocycles. The molecule has 0 aliphatic carbocycles. The molecular weight excluding hydrogens is 470 g/mol. The van der Waals surface area contributed by atoms with E-state index in [-0.39, 0.29) is 11.8 Å². The van der Waals surface area contributed by atoms with Gasteiger partial charge in [0.15, 0.2) is 5.82 Å². The van der Waals surface area contributed by atoms with Gasteiger partial charge in [0.25, 0.3) is 0 Å². The van der Waals surface area contributed by atoms with E-state index in [2.05, 4.69) is 55.6 Å². The Balaban J connectivity index is 1.41. The normalized spacial score (nSPS) is 11.6. The van der Waals surface area contributed by atoms with Crippen molar-refractivity contribution in [3.05, 3.63) is 65.9 Å². The first-order valence-corrected chi connectivity index (χ1v) is 12.4. The molecule has 5 heterocycles. The van der Waals surface area contributed by atoms with Gasteiger partial charge in [-0.25, -0.2) is 4.98 Å². The standard InChI is InChI=1S/C27H23N7OS/c1-14(2)27(35)30-17-9-16(11-28-12-17)21-10-19-22(13-29-21)33-34-25(19)26-31-20-6-4-5-18(24(20)32-26)23-8-7-15(3)36-23/h4-14H,1-3H3,(H,30,35)(H,31,32)(H,33,34). The van der Waals surface area contributed by atoms with Crippen LogP contribution in [0.5, 0.6) is 0 Å². The summed E-state index contributed by atoms with van der Waals surface area (Å²) < 4.78 is 0. The van der Waals surface area contributed by atoms with Crippen LogP contribution in [0.1, 0.15) is 18.7 Å². The van der Waals surface area contributed by atoms with Gasteiger partial charge in [-0.15, -0.1) is 11.3 Å². The maximum atomic E-state index is 12.1. The number of carbonyl (C=O) groups excluding carboxylic acids is 1. The number of aromatic nitrogens is 6. The van der Waals surface area contributed by atoms with E-state index in [0.717, 1.165) is 44.5 Å². The maximum absolute atomic E-state index is 12.1. The number of anilines is 1. The van der Waals surface area contributed by atoms with E-state index in [1.807, 2.05) is 38.1 Å². The minimum Gasteiger partial charge on any atom is -0.337 e. The Morgan fingerprint density at radius 1 is 1.06 bits per heavy atom. The molecule has 0 spiro atoms. The molecule has 5 aromatic heterocycles. The van der Waals surface area contributed by atoms with E-state index in [4.69, 9.17) is 4.98 Å². The second-order valence-corrected chi connectivity index (χ2v) is 10.3. The predicted octanol–water partition coefficient (Wildman–Crippen LogP) is 6.19. The number of para-hydroxylation sites is 1. The van der Waals surface area contributed by atoms with Gasteiger partial charge in [0.1, 0.15) is 5.69 Å². The van der Waals surface area contributed by atoms with Crippen molar-refractivity contribution in [1.29, 1.82) is 0 Å². The number of nitrogens with one attached hydrogen (secondary N) is 3. The highest BCUT2D eigenvalue weighted by molar-refractivity contribution is 7.15. The second kappa shape index (κ2) is 8.69. The molecule has 0 saturated heterocycles. The van der Waals surface area contributed by atoms with Crippen LogP contribution in [-0.2, 0) is 4.79 Å². The van der Waals surface area contributed by atoms with Crippen LogP contribution in [0.4, 0.5) is 5.69 Å². The second-order valence-electron chi connectivity index (χ2n) is 8.99. The van der Waals surface area contributed by atoms with E-state index in [1.165, 1.54) is 9.75 Å². The van der Waals surface area contributed by atoms with Crippen LogP contribution in [0.3, 0.4) is 0 Å². The smallest absolute Gasteiger partial charge is 0.226 e. The van der Waals surface area contributed by atoms with E-state index in [0.29, 0.717) is 11.5 Å². The van der Waals surface area contributed by atoms with Gasteiger partial charge in [0.05, 0.1) is 40.3 Å². The number of pyridine rings is 2. The van der Waals surface area contributed by atoms with Crippen LogP contribution in [0, 0.1) is 12.8 Å². The van der Waals surface area contributed by atoms with Crippen LogP contribution < -0.4 is 5.32 Å². The van der Waals surface area contributed by atoms with E-state index in [1.54, 1.807) is 29.9 Å². The van der Waals surface area contributed by atoms with Crippen molar-refractivity contribution in [2.24, 2.45) is 5.92 Å². The summed E-state index contributed by atoms with van der Waals surface area (Å²) in [5, 5.41) is 11.4. The van der Waals surface area contributed by atoms with Gasteiger partial charge >= 0.3 is 0 Å². The lowest BCUT2D eigenvalue weighted by Crippen LogP contribution is -2.17. The third kappa shape index (κ3) is 3.93. The molecule has 0 bridgehead atoms. The average Bonchev–Trinajstić information content (AvgIpc) is 3.61. The number of amides is 1. The minimum absolute atomic E-state index is 0.0588. The van der Waals surface area contributed by atoms with Gasteiger partial charge in [-0.3, -0.25) is 19.9 Å². The van der Waals surface area contributed by atoms with E-state index in [9.17, 15) is 4.79 Å². The molecule has 6 aromatic rings. The first-order valence-electron chi connectivity index (χ1n) is 11.6. The Labute approximate surface area is 210 Å². The molecule has 3 N–H and O–H groups in total. The molecule has 0 fully saturated rings. The maximum Gasteiger partial charge on any atom is 0.226 e. The molecule has 9 heteroatoms. The van der Waals surface area contributed by atoms with Crippen molar-refractivity contribution in [3.8, 4) is 33.2 Å². The molecule has 0 radical (unpaired) electrons. The first-order chi connectivity index (χ1) is 17.5. The Morgan fingerprint density at radius 3 is 2.75 bits per heavy atom. The highest BCUT2D eigenvalue weighted by Gasteiger charge is 2.17. The zero-order valence-electron chi connectivity index (χ0n) is 20.0. The quantitative estimate of drug-likeness (QED) is 0.265. The lowest BCUT2D eigenvalue weighted by molar-refractivity contribution is -0.118. The number of nitrogens with zero attached hydrogens (tertiary/aromatic N) is 4. The van der Waals surface area contributed by atoms with Gasteiger partial charge in [0.2, 0.25) is 5.91 Å². The molecule has 36 heavy (non-hydrogen) atoms. The molecule has 1 amide bonds. The molecule has 178 valence electrons. The van der Waals surface area contributed by atoms with Crippen molar-refractivity contribution in [1.82, 2.24) is 30.1 Å². The summed E-state index contributed by atoms with van der Waals surface area (Å²) in [4.78, 5) is 31.8. The number of thiophene rings is 1. The monoisotopic (exact) mass is 493 g/mol. The zero-order chi connectivity index (χ0) is 24.8. The minimum atomic E-state index is -0.121. The summed E-state index contributed by atoms with van der Waals surface area (Å²) in [5.74, 6) is 0.506. The number of H-pyrrole nitrogens is 2. The average molecular weight is 494 g/mol. The van der Waals surface area contributed by atoms with Crippen molar-refractivity contribution >= 4 is 44.9 Å². The first kappa shape index (κ1) is 22.1. The van der Waals surface area contributed by atoms with E-state index >= 15 is 0 Å². The van der Waals surface area contributed by atoms with Crippen molar-refractivity contribution in [3.63, 3.8) is 0 Å². The number of hydrogen-bond acceptors (Lipinski definition) is 6. The summed E-state index contributed by atoms with van der Waals surface area (Å²) in [6, 6.07) is 14.3. The largest absolute Gasteiger partial charge is 0.337 e. The highest BCUT2D eigenvalue weighted by atomic mass is 32.1. The van der Waals surface area contributed by atoms with Crippen LogP contribution in [-0.4, -0.2) is 36.0 Å². The molecule has 6 rings (SSSR count). The Hall–Kier alpha value is -4.37. The Bertz CT molecular complexity index is 1740.